The Bertz CT molecular complexity index is 359. The first-order valence-corrected chi connectivity index (χ1v) is 7.84. The van der Waals surface area contributed by atoms with Crippen molar-refractivity contribution in [2.24, 2.45) is 11.8 Å². The Kier molecular flexibility index (Phi) is 5.26. The van der Waals surface area contributed by atoms with E-state index >= 15 is 0 Å². The molecule has 0 aromatic heterocycles. The Balaban J connectivity index is 1.71. The van der Waals surface area contributed by atoms with E-state index in [4.69, 9.17) is 5.11 Å². The third kappa shape index (κ3) is 4.39. The van der Waals surface area contributed by atoms with Crippen molar-refractivity contribution in [1.82, 2.24) is 10.6 Å². The molecule has 2 fully saturated rings. The van der Waals surface area contributed by atoms with Crippen LogP contribution in [0.4, 0.5) is 4.79 Å². The third-order valence-corrected chi connectivity index (χ3v) is 4.71. The van der Waals surface area contributed by atoms with Crippen LogP contribution in [-0.2, 0) is 4.79 Å². The average molecular weight is 282 g/mol. The van der Waals surface area contributed by atoms with Crippen molar-refractivity contribution < 1.29 is 14.7 Å². The maximum atomic E-state index is 12.0. The summed E-state index contributed by atoms with van der Waals surface area (Å²) in [6.45, 7) is 2.27. The zero-order valence-corrected chi connectivity index (χ0v) is 12.2. The van der Waals surface area contributed by atoms with Gasteiger partial charge < -0.3 is 15.7 Å². The van der Waals surface area contributed by atoms with Crippen LogP contribution in [0, 0.1) is 11.8 Å². The first-order valence-electron chi connectivity index (χ1n) is 7.84. The number of amides is 2. The highest BCUT2D eigenvalue weighted by molar-refractivity contribution is 5.75. The van der Waals surface area contributed by atoms with Crippen molar-refractivity contribution in [3.05, 3.63) is 0 Å². The third-order valence-electron chi connectivity index (χ3n) is 4.71. The Labute approximate surface area is 120 Å². The number of nitrogens with one attached hydrogen (secondary N) is 2. The summed E-state index contributed by atoms with van der Waals surface area (Å²) in [5.41, 5.74) is 0. The van der Waals surface area contributed by atoms with Crippen molar-refractivity contribution >= 4 is 12.0 Å². The van der Waals surface area contributed by atoms with E-state index in [2.05, 4.69) is 17.6 Å². The van der Waals surface area contributed by atoms with Gasteiger partial charge >= 0.3 is 12.0 Å². The number of aliphatic carboxylic acids is 1. The number of carbonyl (C=O) groups is 2. The summed E-state index contributed by atoms with van der Waals surface area (Å²) in [4.78, 5) is 22.9. The molecule has 0 aromatic rings. The fourth-order valence-corrected chi connectivity index (χ4v) is 3.38. The van der Waals surface area contributed by atoms with E-state index in [-0.39, 0.29) is 24.0 Å². The summed E-state index contributed by atoms with van der Waals surface area (Å²) in [5, 5.41) is 14.9. The molecular formula is C15H26N2O3. The lowest BCUT2D eigenvalue weighted by molar-refractivity contribution is -0.141. The van der Waals surface area contributed by atoms with Gasteiger partial charge in [-0.15, -0.1) is 0 Å². The SMILES string of the molecule is CC1CCCC(NC(=O)N[C@H]2CC[C@@H](C(=O)O)C2)CC1. The normalized spacial score (nSPS) is 34.2. The van der Waals surface area contributed by atoms with Gasteiger partial charge in [-0.25, -0.2) is 4.79 Å². The average Bonchev–Trinajstić information content (AvgIpc) is 2.75. The molecule has 0 aliphatic heterocycles. The minimum Gasteiger partial charge on any atom is -0.481 e. The van der Waals surface area contributed by atoms with Crippen molar-refractivity contribution in [2.75, 3.05) is 0 Å². The molecule has 2 saturated carbocycles. The fraction of sp³-hybridized carbons (Fsp3) is 0.867. The number of urea groups is 1. The predicted octanol–water partition coefficient (Wildman–Crippen LogP) is 2.51. The molecule has 3 N–H and O–H groups in total. The molecule has 0 aromatic carbocycles. The highest BCUT2D eigenvalue weighted by Crippen LogP contribution is 2.26. The standard InChI is InChI=1S/C15H26N2O3/c1-10-3-2-4-12(7-5-10)16-15(20)17-13-8-6-11(9-13)14(18)19/h10-13H,2-9H2,1H3,(H,18,19)(H2,16,17,20)/t10?,11-,12?,13+/m1/s1. The van der Waals surface area contributed by atoms with Crippen molar-refractivity contribution in [1.29, 1.82) is 0 Å². The number of carboxylic acids is 1. The van der Waals surface area contributed by atoms with Crippen LogP contribution in [0.1, 0.15) is 58.3 Å². The van der Waals surface area contributed by atoms with Gasteiger partial charge in [0.25, 0.3) is 0 Å². The van der Waals surface area contributed by atoms with E-state index in [1.165, 1.54) is 19.3 Å². The van der Waals surface area contributed by atoms with Crippen LogP contribution in [0.3, 0.4) is 0 Å². The van der Waals surface area contributed by atoms with Crippen LogP contribution in [0.15, 0.2) is 0 Å². The van der Waals surface area contributed by atoms with E-state index in [0.717, 1.165) is 25.2 Å². The molecule has 0 spiro atoms. The molecule has 0 saturated heterocycles. The molecule has 2 amide bonds. The van der Waals surface area contributed by atoms with Gasteiger partial charge in [0.15, 0.2) is 0 Å². The Morgan fingerprint density at radius 2 is 1.65 bits per heavy atom. The molecule has 4 atom stereocenters. The molecule has 20 heavy (non-hydrogen) atoms. The number of hydrogen-bond donors (Lipinski definition) is 3. The molecule has 114 valence electrons. The van der Waals surface area contributed by atoms with Gasteiger partial charge in [0.05, 0.1) is 5.92 Å². The molecule has 2 unspecified atom stereocenters. The van der Waals surface area contributed by atoms with E-state index in [1.807, 2.05) is 0 Å². The quantitative estimate of drug-likeness (QED) is 0.696. The predicted molar refractivity (Wildman–Crippen MR) is 76.5 cm³/mol. The molecular weight excluding hydrogens is 256 g/mol. The summed E-state index contributed by atoms with van der Waals surface area (Å²) in [6, 6.07) is 0.165. The smallest absolute Gasteiger partial charge is 0.315 e. The van der Waals surface area contributed by atoms with Gasteiger partial charge in [0.2, 0.25) is 0 Å². The lowest BCUT2D eigenvalue weighted by Gasteiger charge is -2.19. The highest BCUT2D eigenvalue weighted by Gasteiger charge is 2.30. The fourth-order valence-electron chi connectivity index (χ4n) is 3.38. The van der Waals surface area contributed by atoms with E-state index < -0.39 is 5.97 Å². The van der Waals surface area contributed by atoms with Crippen molar-refractivity contribution in [3.8, 4) is 0 Å². The molecule has 2 aliphatic rings. The van der Waals surface area contributed by atoms with Crippen LogP contribution in [-0.4, -0.2) is 29.2 Å². The van der Waals surface area contributed by atoms with Gasteiger partial charge in [-0.1, -0.05) is 19.8 Å². The topological polar surface area (TPSA) is 78.4 Å². The van der Waals surface area contributed by atoms with Crippen molar-refractivity contribution in [2.45, 2.75) is 70.4 Å². The first kappa shape index (κ1) is 15.1. The molecule has 2 aliphatic carbocycles. The van der Waals surface area contributed by atoms with Crippen LogP contribution in [0.5, 0.6) is 0 Å². The maximum Gasteiger partial charge on any atom is 0.315 e. The molecule has 5 heteroatoms. The second-order valence-electron chi connectivity index (χ2n) is 6.47. The molecule has 5 nitrogen and oxygen atoms in total. The second kappa shape index (κ2) is 6.95. The van der Waals surface area contributed by atoms with E-state index in [0.29, 0.717) is 12.8 Å². The summed E-state index contributed by atoms with van der Waals surface area (Å²) >= 11 is 0. The van der Waals surface area contributed by atoms with Gasteiger partial charge in [0, 0.05) is 12.1 Å². The van der Waals surface area contributed by atoms with Gasteiger partial charge in [-0.05, 0) is 44.4 Å². The van der Waals surface area contributed by atoms with Crippen LogP contribution < -0.4 is 10.6 Å². The molecule has 0 heterocycles. The maximum absolute atomic E-state index is 12.0. The van der Waals surface area contributed by atoms with Crippen LogP contribution in [0.25, 0.3) is 0 Å². The van der Waals surface area contributed by atoms with E-state index in [1.54, 1.807) is 0 Å². The Morgan fingerprint density at radius 3 is 2.35 bits per heavy atom. The number of hydrogen-bond acceptors (Lipinski definition) is 2. The van der Waals surface area contributed by atoms with E-state index in [9.17, 15) is 9.59 Å². The number of rotatable bonds is 3. The highest BCUT2D eigenvalue weighted by atomic mass is 16.4. The minimum absolute atomic E-state index is 0.0146. The Hall–Kier alpha value is -1.26. The molecule has 2 rings (SSSR count). The largest absolute Gasteiger partial charge is 0.481 e. The zero-order valence-electron chi connectivity index (χ0n) is 12.2. The first-order chi connectivity index (χ1) is 9.54. The lowest BCUT2D eigenvalue weighted by Crippen LogP contribution is -2.45. The summed E-state index contributed by atoms with van der Waals surface area (Å²) in [7, 11) is 0. The van der Waals surface area contributed by atoms with Gasteiger partial charge in [-0.3, -0.25) is 4.79 Å². The zero-order chi connectivity index (χ0) is 14.5. The minimum atomic E-state index is -0.743. The van der Waals surface area contributed by atoms with Crippen LogP contribution in [0.2, 0.25) is 0 Å². The Morgan fingerprint density at radius 1 is 0.950 bits per heavy atom. The van der Waals surface area contributed by atoms with Crippen molar-refractivity contribution in [3.63, 3.8) is 0 Å². The summed E-state index contributed by atoms with van der Waals surface area (Å²) in [5.74, 6) is -0.275. The number of carbonyl (C=O) groups excluding carboxylic acids is 1. The summed E-state index contributed by atoms with van der Waals surface area (Å²) < 4.78 is 0. The monoisotopic (exact) mass is 282 g/mol. The summed E-state index contributed by atoms with van der Waals surface area (Å²) in [6.07, 6.45) is 7.71. The molecule has 0 radical (unpaired) electrons. The number of carboxylic acid groups (broad SMARTS) is 1. The molecule has 0 bridgehead atoms. The second-order valence-corrected chi connectivity index (χ2v) is 6.47. The van der Waals surface area contributed by atoms with Crippen LogP contribution >= 0.6 is 0 Å². The van der Waals surface area contributed by atoms with Gasteiger partial charge in [0.1, 0.15) is 0 Å². The lowest BCUT2D eigenvalue weighted by atomic mass is 10.0. The van der Waals surface area contributed by atoms with Gasteiger partial charge in [-0.2, -0.15) is 0 Å².